The van der Waals surface area contributed by atoms with Gasteiger partial charge in [0.05, 0.1) is 12.3 Å². The first-order valence-corrected chi connectivity index (χ1v) is 10.0. The van der Waals surface area contributed by atoms with Gasteiger partial charge in [-0.2, -0.15) is 4.89 Å². The van der Waals surface area contributed by atoms with Gasteiger partial charge in [-0.1, -0.05) is 68.4 Å². The summed E-state index contributed by atoms with van der Waals surface area (Å²) >= 11 is 0. The van der Waals surface area contributed by atoms with Gasteiger partial charge in [0.2, 0.25) is 5.79 Å². The van der Waals surface area contributed by atoms with Gasteiger partial charge in [0, 0.05) is 13.8 Å². The molecule has 0 saturated carbocycles. The Bertz CT molecular complexity index is 811. The lowest BCUT2D eigenvalue weighted by atomic mass is 9.96. The zero-order chi connectivity index (χ0) is 22.1. The van der Waals surface area contributed by atoms with E-state index in [-0.39, 0.29) is 13.0 Å². The van der Waals surface area contributed by atoms with Crippen molar-refractivity contribution in [3.05, 3.63) is 71.3 Å². The maximum absolute atomic E-state index is 12.8. The Morgan fingerprint density at radius 2 is 1.60 bits per heavy atom. The molecule has 0 aliphatic rings. The van der Waals surface area contributed by atoms with Crippen LogP contribution in [0, 0.1) is 5.92 Å². The van der Waals surface area contributed by atoms with Crippen LogP contribution in [0.3, 0.4) is 0 Å². The monoisotopic (exact) mass is 414 g/mol. The van der Waals surface area contributed by atoms with Crippen LogP contribution in [0.4, 0.5) is 0 Å². The summed E-state index contributed by atoms with van der Waals surface area (Å²) in [7, 11) is 0. The Hall–Kier alpha value is -2.70. The minimum absolute atomic E-state index is 0.128. The van der Waals surface area contributed by atoms with E-state index in [1.54, 1.807) is 0 Å². The normalized spacial score (nSPS) is 12.5. The van der Waals surface area contributed by atoms with Gasteiger partial charge in [0.15, 0.2) is 0 Å². The van der Waals surface area contributed by atoms with Gasteiger partial charge >= 0.3 is 11.9 Å². The first-order chi connectivity index (χ1) is 14.2. The first-order valence-electron chi connectivity index (χ1n) is 10.0. The molecule has 6 nitrogen and oxygen atoms in total. The fourth-order valence-corrected chi connectivity index (χ4v) is 2.94. The Balaban J connectivity index is 2.04. The van der Waals surface area contributed by atoms with Crippen LogP contribution < -0.4 is 0 Å². The third-order valence-electron chi connectivity index (χ3n) is 4.68. The SMILES string of the molecule is CC(C)c1ccc(COC(=O)C(CC(=O)OC(C)(C)OO)Cc2ccccc2)cc1. The van der Waals surface area contributed by atoms with Gasteiger partial charge < -0.3 is 9.47 Å². The second kappa shape index (κ2) is 10.9. The topological polar surface area (TPSA) is 82.1 Å². The van der Waals surface area contributed by atoms with Gasteiger partial charge in [-0.05, 0) is 29.0 Å². The largest absolute Gasteiger partial charge is 0.461 e. The third-order valence-corrected chi connectivity index (χ3v) is 4.68. The number of carbonyl (C=O) groups is 2. The lowest BCUT2D eigenvalue weighted by Gasteiger charge is -2.22. The van der Waals surface area contributed by atoms with Crippen LogP contribution in [0.2, 0.25) is 0 Å². The van der Waals surface area contributed by atoms with Crippen molar-refractivity contribution in [1.29, 1.82) is 0 Å². The van der Waals surface area contributed by atoms with Gasteiger partial charge in [-0.3, -0.25) is 9.59 Å². The van der Waals surface area contributed by atoms with Crippen LogP contribution in [-0.2, 0) is 37.0 Å². The van der Waals surface area contributed by atoms with Crippen LogP contribution in [0.25, 0.3) is 0 Å². The molecule has 6 heteroatoms. The average Bonchev–Trinajstić information content (AvgIpc) is 2.72. The molecule has 0 aromatic heterocycles. The number of rotatable bonds is 10. The van der Waals surface area contributed by atoms with E-state index in [1.165, 1.54) is 19.4 Å². The van der Waals surface area contributed by atoms with Crippen LogP contribution in [0.5, 0.6) is 0 Å². The first kappa shape index (κ1) is 23.6. The van der Waals surface area contributed by atoms with E-state index < -0.39 is 23.6 Å². The molecule has 0 spiro atoms. The Morgan fingerprint density at radius 3 is 2.17 bits per heavy atom. The molecule has 2 aromatic rings. The summed E-state index contributed by atoms with van der Waals surface area (Å²) in [5, 5.41) is 8.82. The fourth-order valence-electron chi connectivity index (χ4n) is 2.94. The summed E-state index contributed by atoms with van der Waals surface area (Å²) in [6.45, 7) is 7.16. The molecule has 0 saturated heterocycles. The van der Waals surface area contributed by atoms with E-state index in [0.717, 1.165) is 11.1 Å². The number of hydrogen-bond acceptors (Lipinski definition) is 6. The zero-order valence-corrected chi connectivity index (χ0v) is 18.0. The molecule has 0 fully saturated rings. The highest BCUT2D eigenvalue weighted by atomic mass is 17.1. The number of carbonyl (C=O) groups excluding carboxylic acids is 2. The number of hydrogen-bond donors (Lipinski definition) is 1. The molecule has 162 valence electrons. The molecule has 0 aliphatic carbocycles. The van der Waals surface area contributed by atoms with Crippen molar-refractivity contribution in [2.45, 2.75) is 58.8 Å². The summed E-state index contributed by atoms with van der Waals surface area (Å²) in [6, 6.07) is 17.3. The van der Waals surface area contributed by atoms with Crippen molar-refractivity contribution < 1.29 is 29.2 Å². The van der Waals surface area contributed by atoms with Gasteiger partial charge in [0.1, 0.15) is 6.61 Å². The fraction of sp³-hybridized carbons (Fsp3) is 0.417. The number of ether oxygens (including phenoxy) is 2. The highest BCUT2D eigenvalue weighted by Gasteiger charge is 2.29. The van der Waals surface area contributed by atoms with E-state index in [9.17, 15) is 9.59 Å². The second-order valence-corrected chi connectivity index (χ2v) is 8.06. The molecule has 2 aromatic carbocycles. The molecule has 0 radical (unpaired) electrons. The predicted molar refractivity (Wildman–Crippen MR) is 112 cm³/mol. The van der Waals surface area contributed by atoms with E-state index in [2.05, 4.69) is 18.7 Å². The molecular weight excluding hydrogens is 384 g/mol. The van der Waals surface area contributed by atoms with E-state index in [4.69, 9.17) is 14.7 Å². The number of benzene rings is 2. The molecule has 0 bridgehead atoms. The molecule has 30 heavy (non-hydrogen) atoms. The highest BCUT2D eigenvalue weighted by molar-refractivity contribution is 5.80. The minimum atomic E-state index is -1.49. The van der Waals surface area contributed by atoms with E-state index in [0.29, 0.717) is 12.3 Å². The molecule has 1 atom stereocenters. The Labute approximate surface area is 177 Å². The molecule has 0 aliphatic heterocycles. The van der Waals surface area contributed by atoms with Crippen LogP contribution >= 0.6 is 0 Å². The zero-order valence-electron chi connectivity index (χ0n) is 18.0. The second-order valence-electron chi connectivity index (χ2n) is 8.06. The maximum atomic E-state index is 12.8. The standard InChI is InChI=1S/C24H30O6/c1-17(2)20-12-10-19(11-13-20)16-28-23(26)21(14-18-8-6-5-7-9-18)15-22(25)29-24(3,4)30-27/h5-13,17,21,27H,14-16H2,1-4H3. The van der Waals surface area contributed by atoms with Crippen LogP contribution in [-0.4, -0.2) is 23.0 Å². The summed E-state index contributed by atoms with van der Waals surface area (Å²) in [4.78, 5) is 29.2. The molecule has 2 rings (SSSR count). The quantitative estimate of drug-likeness (QED) is 0.258. The van der Waals surface area contributed by atoms with Gasteiger partial charge in [-0.15, -0.1) is 0 Å². The lowest BCUT2D eigenvalue weighted by Crippen LogP contribution is -2.32. The lowest BCUT2D eigenvalue weighted by molar-refractivity contribution is -0.379. The van der Waals surface area contributed by atoms with E-state index in [1.807, 2.05) is 54.6 Å². The van der Waals surface area contributed by atoms with Crippen LogP contribution in [0.15, 0.2) is 54.6 Å². The predicted octanol–water partition coefficient (Wildman–Crippen LogP) is 4.87. The van der Waals surface area contributed by atoms with Crippen molar-refractivity contribution in [3.8, 4) is 0 Å². The third kappa shape index (κ3) is 7.61. The Morgan fingerprint density at radius 1 is 0.967 bits per heavy atom. The molecule has 1 unspecified atom stereocenters. The van der Waals surface area contributed by atoms with Crippen LogP contribution in [0.1, 0.15) is 56.7 Å². The maximum Gasteiger partial charge on any atom is 0.310 e. The summed E-state index contributed by atoms with van der Waals surface area (Å²) in [5.74, 6) is -2.92. The molecular formula is C24H30O6. The Kier molecular flexibility index (Phi) is 8.57. The molecule has 0 heterocycles. The highest BCUT2D eigenvalue weighted by Crippen LogP contribution is 2.20. The minimum Gasteiger partial charge on any atom is -0.461 e. The number of esters is 2. The summed E-state index contributed by atoms with van der Waals surface area (Å²) in [5.41, 5.74) is 3.00. The van der Waals surface area contributed by atoms with Crippen molar-refractivity contribution in [2.24, 2.45) is 5.92 Å². The van der Waals surface area contributed by atoms with Crippen molar-refractivity contribution in [2.75, 3.05) is 0 Å². The smallest absolute Gasteiger partial charge is 0.310 e. The van der Waals surface area contributed by atoms with E-state index >= 15 is 0 Å². The summed E-state index contributed by atoms with van der Waals surface area (Å²) in [6.07, 6.45) is 0.147. The average molecular weight is 414 g/mol. The van der Waals surface area contributed by atoms with Crippen molar-refractivity contribution >= 4 is 11.9 Å². The molecule has 0 amide bonds. The van der Waals surface area contributed by atoms with Gasteiger partial charge in [0.25, 0.3) is 0 Å². The molecule has 1 N–H and O–H groups in total. The van der Waals surface area contributed by atoms with Gasteiger partial charge in [-0.25, -0.2) is 5.26 Å². The van der Waals surface area contributed by atoms with Crippen molar-refractivity contribution in [3.63, 3.8) is 0 Å². The van der Waals surface area contributed by atoms with Crippen molar-refractivity contribution in [1.82, 2.24) is 0 Å². The summed E-state index contributed by atoms with van der Waals surface area (Å²) < 4.78 is 10.6.